The summed E-state index contributed by atoms with van der Waals surface area (Å²) in [6, 6.07) is 11.3. The molecule has 0 aliphatic heterocycles. The topological polar surface area (TPSA) is 72.0 Å². The highest BCUT2D eigenvalue weighted by Gasteiger charge is 2.20. The number of hydrogen-bond donors (Lipinski definition) is 2. The fourth-order valence-corrected chi connectivity index (χ4v) is 3.77. The largest absolute Gasteiger partial charge is 0.481 e. The number of fused-ring (bicyclic) bond motifs is 1. The number of aromatic nitrogens is 3. The Labute approximate surface area is 159 Å². The van der Waals surface area contributed by atoms with Crippen LogP contribution < -0.4 is 15.4 Å². The maximum atomic E-state index is 5.25. The smallest absolute Gasteiger partial charge is 0.213 e. The van der Waals surface area contributed by atoms with E-state index in [1.165, 1.54) is 12.8 Å². The van der Waals surface area contributed by atoms with Gasteiger partial charge in [-0.3, -0.25) is 0 Å². The molecule has 6 nitrogen and oxygen atoms in total. The maximum Gasteiger partial charge on any atom is 0.213 e. The number of hydrogen-bond acceptors (Lipinski definition) is 6. The van der Waals surface area contributed by atoms with Crippen molar-refractivity contribution < 1.29 is 4.74 Å². The summed E-state index contributed by atoms with van der Waals surface area (Å²) in [5.41, 5.74) is 3.11. The van der Waals surface area contributed by atoms with E-state index in [9.17, 15) is 0 Å². The van der Waals surface area contributed by atoms with E-state index >= 15 is 0 Å². The van der Waals surface area contributed by atoms with Crippen LogP contribution in [-0.2, 0) is 0 Å². The summed E-state index contributed by atoms with van der Waals surface area (Å²) >= 11 is 0. The van der Waals surface area contributed by atoms with E-state index in [4.69, 9.17) is 4.74 Å². The molecule has 1 saturated carbocycles. The molecule has 0 unspecified atom stereocenters. The predicted octanol–water partition coefficient (Wildman–Crippen LogP) is 3.64. The Balaban J connectivity index is 1.63. The van der Waals surface area contributed by atoms with Crippen molar-refractivity contribution in [3.05, 3.63) is 42.9 Å². The van der Waals surface area contributed by atoms with E-state index in [1.807, 2.05) is 25.2 Å². The quantitative estimate of drug-likeness (QED) is 0.721. The van der Waals surface area contributed by atoms with Gasteiger partial charge in [-0.05, 0) is 62.1 Å². The lowest BCUT2D eigenvalue weighted by Crippen LogP contribution is -2.35. The Bertz CT molecular complexity index is 921. The number of ether oxygens (including phenoxy) is 1. The summed E-state index contributed by atoms with van der Waals surface area (Å²) in [5.74, 6) is 1.52. The van der Waals surface area contributed by atoms with Crippen LogP contribution >= 0.6 is 0 Å². The highest BCUT2D eigenvalue weighted by molar-refractivity contribution is 5.92. The minimum Gasteiger partial charge on any atom is -0.481 e. The van der Waals surface area contributed by atoms with E-state index in [0.29, 0.717) is 18.0 Å². The van der Waals surface area contributed by atoms with E-state index in [1.54, 1.807) is 19.6 Å². The lowest BCUT2D eigenvalue weighted by Gasteiger charge is -2.29. The van der Waals surface area contributed by atoms with E-state index in [2.05, 4.69) is 37.7 Å². The van der Waals surface area contributed by atoms with Gasteiger partial charge in [-0.15, -0.1) is 0 Å². The second-order valence-corrected chi connectivity index (χ2v) is 7.02. The van der Waals surface area contributed by atoms with Crippen LogP contribution in [0.15, 0.2) is 42.9 Å². The molecule has 2 N–H and O–H groups in total. The predicted molar refractivity (Wildman–Crippen MR) is 108 cm³/mol. The van der Waals surface area contributed by atoms with Gasteiger partial charge in [0.15, 0.2) is 0 Å². The molecule has 4 rings (SSSR count). The zero-order valence-corrected chi connectivity index (χ0v) is 15.8. The van der Waals surface area contributed by atoms with Crippen LogP contribution in [0.1, 0.15) is 25.7 Å². The lowest BCUT2D eigenvalue weighted by molar-refractivity contribution is 0.371. The van der Waals surface area contributed by atoms with Crippen molar-refractivity contribution >= 4 is 16.7 Å². The zero-order valence-electron chi connectivity index (χ0n) is 15.8. The Hall–Kier alpha value is -2.73. The maximum absolute atomic E-state index is 5.25. The number of methoxy groups -OCH3 is 1. The number of rotatable bonds is 5. The highest BCUT2D eigenvalue weighted by Crippen LogP contribution is 2.30. The van der Waals surface area contributed by atoms with Crippen molar-refractivity contribution in [1.29, 1.82) is 0 Å². The molecule has 0 atom stereocenters. The van der Waals surface area contributed by atoms with Gasteiger partial charge in [0.1, 0.15) is 12.1 Å². The van der Waals surface area contributed by atoms with Crippen LogP contribution in [0.5, 0.6) is 5.88 Å². The molecule has 0 radical (unpaired) electrons. The number of pyridine rings is 1. The normalized spacial score (nSPS) is 19.8. The molecule has 0 amide bonds. The van der Waals surface area contributed by atoms with E-state index < -0.39 is 0 Å². The first-order chi connectivity index (χ1) is 13.3. The highest BCUT2D eigenvalue weighted by atomic mass is 16.5. The lowest BCUT2D eigenvalue weighted by atomic mass is 9.91. The number of benzene rings is 1. The summed E-state index contributed by atoms with van der Waals surface area (Å²) in [6.45, 7) is 0. The number of nitrogens with zero attached hydrogens (tertiary/aromatic N) is 3. The molecular formula is C21H25N5O. The monoisotopic (exact) mass is 363 g/mol. The Kier molecular flexibility index (Phi) is 5.16. The van der Waals surface area contributed by atoms with Crippen molar-refractivity contribution in [1.82, 2.24) is 20.3 Å². The van der Waals surface area contributed by atoms with Gasteiger partial charge < -0.3 is 15.4 Å². The first-order valence-corrected chi connectivity index (χ1v) is 9.46. The molecule has 140 valence electrons. The van der Waals surface area contributed by atoms with Gasteiger partial charge in [-0.2, -0.15) is 0 Å². The second kappa shape index (κ2) is 7.88. The summed E-state index contributed by atoms with van der Waals surface area (Å²) in [5, 5.41) is 8.08. The number of anilines is 1. The van der Waals surface area contributed by atoms with Crippen LogP contribution in [0.4, 0.5) is 5.82 Å². The Morgan fingerprint density at radius 2 is 1.70 bits per heavy atom. The van der Waals surface area contributed by atoms with E-state index in [0.717, 1.165) is 40.7 Å². The molecular weight excluding hydrogens is 338 g/mol. The molecule has 1 aliphatic rings. The summed E-state index contributed by atoms with van der Waals surface area (Å²) in [6.07, 6.45) is 8.09. The van der Waals surface area contributed by atoms with Gasteiger partial charge in [-0.25, -0.2) is 15.0 Å². The van der Waals surface area contributed by atoms with Crippen LogP contribution in [-0.4, -0.2) is 41.2 Å². The van der Waals surface area contributed by atoms with Crippen molar-refractivity contribution in [3.63, 3.8) is 0 Å². The third-order valence-electron chi connectivity index (χ3n) is 5.39. The molecule has 2 aromatic heterocycles. The van der Waals surface area contributed by atoms with Gasteiger partial charge in [0.25, 0.3) is 0 Å². The molecule has 0 saturated heterocycles. The third-order valence-corrected chi connectivity index (χ3v) is 5.39. The van der Waals surface area contributed by atoms with Crippen molar-refractivity contribution in [2.45, 2.75) is 37.8 Å². The second-order valence-electron chi connectivity index (χ2n) is 7.02. The third kappa shape index (κ3) is 3.85. The molecule has 6 heteroatoms. The first-order valence-electron chi connectivity index (χ1n) is 9.46. The van der Waals surface area contributed by atoms with Gasteiger partial charge in [0, 0.05) is 29.7 Å². The standard InChI is InChI=1S/C21H25N5O/c1-22-16-4-6-17(7-5-16)26-21-18-11-14(3-8-19(18)24-13-25-21)15-9-10-23-20(12-15)27-2/h3,8-13,16-17,22H,4-7H2,1-2H3,(H,24,25,26). The molecule has 27 heavy (non-hydrogen) atoms. The zero-order chi connectivity index (χ0) is 18.6. The average molecular weight is 363 g/mol. The van der Waals surface area contributed by atoms with Crippen LogP contribution in [0.2, 0.25) is 0 Å². The van der Waals surface area contributed by atoms with Crippen LogP contribution in [0, 0.1) is 0 Å². The molecule has 2 heterocycles. The van der Waals surface area contributed by atoms with Crippen molar-refractivity contribution in [2.75, 3.05) is 19.5 Å². The number of nitrogens with one attached hydrogen (secondary N) is 2. The van der Waals surface area contributed by atoms with Crippen LogP contribution in [0.25, 0.3) is 22.0 Å². The van der Waals surface area contributed by atoms with Crippen molar-refractivity contribution in [2.24, 2.45) is 0 Å². The molecule has 1 fully saturated rings. The first kappa shape index (κ1) is 17.7. The molecule has 0 bridgehead atoms. The molecule has 3 aromatic rings. The fourth-order valence-electron chi connectivity index (χ4n) is 3.77. The van der Waals surface area contributed by atoms with Gasteiger partial charge in [0.05, 0.1) is 12.6 Å². The molecule has 0 spiro atoms. The fraction of sp³-hybridized carbons (Fsp3) is 0.381. The summed E-state index contributed by atoms with van der Waals surface area (Å²) in [4.78, 5) is 13.2. The molecule has 1 aliphatic carbocycles. The minimum absolute atomic E-state index is 0.456. The van der Waals surface area contributed by atoms with Crippen molar-refractivity contribution in [3.8, 4) is 17.0 Å². The van der Waals surface area contributed by atoms with Crippen LogP contribution in [0.3, 0.4) is 0 Å². The van der Waals surface area contributed by atoms with E-state index in [-0.39, 0.29) is 0 Å². The van der Waals surface area contributed by atoms with Gasteiger partial charge >= 0.3 is 0 Å². The molecule has 1 aromatic carbocycles. The van der Waals surface area contributed by atoms with Gasteiger partial charge in [0.2, 0.25) is 5.88 Å². The summed E-state index contributed by atoms with van der Waals surface area (Å²) < 4.78 is 5.25. The SMILES string of the molecule is CNC1CCC(Nc2ncnc3ccc(-c4ccnc(OC)c4)cc23)CC1. The Morgan fingerprint density at radius 3 is 2.48 bits per heavy atom. The minimum atomic E-state index is 0.456. The van der Waals surface area contributed by atoms with Gasteiger partial charge in [-0.1, -0.05) is 6.07 Å². The summed E-state index contributed by atoms with van der Waals surface area (Å²) in [7, 11) is 3.68. The average Bonchev–Trinajstić information content (AvgIpc) is 2.74. The Morgan fingerprint density at radius 1 is 0.926 bits per heavy atom.